The molecule has 0 saturated carbocycles. The highest BCUT2D eigenvalue weighted by molar-refractivity contribution is 5.84. The molecule has 0 unspecified atom stereocenters. The number of amides is 1. The highest BCUT2D eigenvalue weighted by Gasteiger charge is 2.21. The van der Waals surface area contributed by atoms with Crippen LogP contribution >= 0.6 is 0 Å². The molecule has 0 aromatic carbocycles. The molecule has 2 N–H and O–H groups in total. The number of hydrogen-bond donors (Lipinski definition) is 2. The van der Waals surface area contributed by atoms with Gasteiger partial charge in [-0.25, -0.2) is 9.97 Å². The number of imidazole rings is 1. The topological polar surface area (TPSA) is 94.0 Å². The molecule has 172 valence electrons. The monoisotopic (exact) mass is 430 g/mol. The lowest BCUT2D eigenvalue weighted by Gasteiger charge is -2.21. The van der Waals surface area contributed by atoms with Gasteiger partial charge < -0.3 is 15.4 Å². The number of ether oxygens (including phenoxy) is 1. The van der Waals surface area contributed by atoms with Crippen LogP contribution in [0.3, 0.4) is 0 Å². The summed E-state index contributed by atoms with van der Waals surface area (Å²) in [6.07, 6.45) is 8.11. The van der Waals surface area contributed by atoms with E-state index < -0.39 is 0 Å². The van der Waals surface area contributed by atoms with E-state index in [0.717, 1.165) is 37.2 Å². The number of nitrogens with zero attached hydrogens (tertiary/aromatic N) is 4. The van der Waals surface area contributed by atoms with Crippen molar-refractivity contribution in [1.82, 2.24) is 24.8 Å². The quantitative estimate of drug-likeness (QED) is 0.444. The van der Waals surface area contributed by atoms with Crippen molar-refractivity contribution in [1.29, 1.82) is 0 Å². The number of aromatic nitrogens is 4. The minimum absolute atomic E-state index is 0.0146. The van der Waals surface area contributed by atoms with Crippen LogP contribution < -0.4 is 10.6 Å². The summed E-state index contributed by atoms with van der Waals surface area (Å²) in [5, 5.41) is 6.40. The number of unbranched alkanes of at least 4 members (excludes halogenated alkanes) is 1. The van der Waals surface area contributed by atoms with Crippen molar-refractivity contribution in [2.45, 2.75) is 72.8 Å². The Kier molecular flexibility index (Phi) is 10.4. The van der Waals surface area contributed by atoms with Gasteiger partial charge in [0.15, 0.2) is 0 Å². The van der Waals surface area contributed by atoms with Crippen LogP contribution in [0.5, 0.6) is 0 Å². The third kappa shape index (κ3) is 8.28. The molecule has 0 aliphatic heterocycles. The smallest absolute Gasteiger partial charge is 0.242 e. The van der Waals surface area contributed by atoms with Crippen molar-refractivity contribution >= 4 is 11.7 Å². The first kappa shape index (κ1) is 24.8. The molecule has 0 aliphatic rings. The Labute approximate surface area is 186 Å². The summed E-state index contributed by atoms with van der Waals surface area (Å²) in [7, 11) is 0. The van der Waals surface area contributed by atoms with Gasteiger partial charge in [-0.3, -0.25) is 9.36 Å². The van der Waals surface area contributed by atoms with E-state index in [1.165, 1.54) is 0 Å². The van der Waals surface area contributed by atoms with E-state index >= 15 is 0 Å². The average molecular weight is 431 g/mol. The van der Waals surface area contributed by atoms with Crippen molar-refractivity contribution in [2.75, 3.05) is 25.1 Å². The molecular formula is C23H38N6O2. The lowest BCUT2D eigenvalue weighted by atomic mass is 10.0. The van der Waals surface area contributed by atoms with Gasteiger partial charge in [0.25, 0.3) is 0 Å². The fourth-order valence-electron chi connectivity index (χ4n) is 3.28. The van der Waals surface area contributed by atoms with E-state index in [1.54, 1.807) is 6.20 Å². The molecule has 2 rings (SSSR count). The van der Waals surface area contributed by atoms with E-state index in [1.807, 2.05) is 30.7 Å². The Hall–Kier alpha value is -2.48. The molecule has 8 nitrogen and oxygen atoms in total. The van der Waals surface area contributed by atoms with Gasteiger partial charge in [0.05, 0.1) is 0 Å². The standard InChI is InChI=1S/C23H38N6O2/c1-6-8-10-19-16-21(28-23(26-19)29-13-12-24-18(29)5)27-20(15-17(3)4)22(30)25-11-9-14-31-7-2/h12-13,16-17,20H,6-11,14-15H2,1-5H3,(H,25,30)(H,26,27,28)/t20-/m0/s1. The van der Waals surface area contributed by atoms with Crippen LogP contribution in [0.25, 0.3) is 5.95 Å². The van der Waals surface area contributed by atoms with Gasteiger partial charge in [0.1, 0.15) is 17.7 Å². The van der Waals surface area contributed by atoms with E-state index in [4.69, 9.17) is 14.7 Å². The van der Waals surface area contributed by atoms with Gasteiger partial charge in [-0.05, 0) is 45.4 Å². The van der Waals surface area contributed by atoms with E-state index in [0.29, 0.717) is 43.9 Å². The Morgan fingerprint density at radius 2 is 2.03 bits per heavy atom. The summed E-state index contributed by atoms with van der Waals surface area (Å²) in [6.45, 7) is 12.2. The lowest BCUT2D eigenvalue weighted by Crippen LogP contribution is -2.41. The Morgan fingerprint density at radius 1 is 1.23 bits per heavy atom. The molecular weight excluding hydrogens is 392 g/mol. The van der Waals surface area contributed by atoms with Crippen molar-refractivity contribution < 1.29 is 9.53 Å². The first-order chi connectivity index (χ1) is 14.9. The Balaban J connectivity index is 2.19. The van der Waals surface area contributed by atoms with Gasteiger partial charge in [-0.1, -0.05) is 27.2 Å². The normalized spacial score (nSPS) is 12.2. The molecule has 2 aromatic heterocycles. The van der Waals surface area contributed by atoms with Crippen LogP contribution in [0.15, 0.2) is 18.5 Å². The molecule has 31 heavy (non-hydrogen) atoms. The second-order valence-corrected chi connectivity index (χ2v) is 8.16. The number of aryl methyl sites for hydroxylation is 2. The summed E-state index contributed by atoms with van der Waals surface area (Å²) in [5.74, 6) is 2.41. The SMILES string of the molecule is CCCCc1cc(N[C@@H](CC(C)C)C(=O)NCCCOCC)nc(-n2ccnc2C)n1. The van der Waals surface area contributed by atoms with E-state index in [2.05, 4.69) is 36.4 Å². The van der Waals surface area contributed by atoms with Crippen molar-refractivity contribution in [2.24, 2.45) is 5.92 Å². The number of carbonyl (C=O) groups excluding carboxylic acids is 1. The number of nitrogens with one attached hydrogen (secondary N) is 2. The first-order valence-corrected chi connectivity index (χ1v) is 11.4. The molecule has 8 heteroatoms. The lowest BCUT2D eigenvalue weighted by molar-refractivity contribution is -0.122. The summed E-state index contributed by atoms with van der Waals surface area (Å²) in [5.41, 5.74) is 0.961. The van der Waals surface area contributed by atoms with Crippen LogP contribution in [0.1, 0.15) is 64.9 Å². The van der Waals surface area contributed by atoms with Gasteiger partial charge in [0, 0.05) is 43.9 Å². The van der Waals surface area contributed by atoms with Crippen molar-refractivity contribution in [3.8, 4) is 5.95 Å². The second kappa shape index (κ2) is 13.0. The fourth-order valence-corrected chi connectivity index (χ4v) is 3.28. The van der Waals surface area contributed by atoms with Crippen molar-refractivity contribution in [3.63, 3.8) is 0 Å². The molecule has 0 fully saturated rings. The van der Waals surface area contributed by atoms with Crippen molar-refractivity contribution in [3.05, 3.63) is 30.0 Å². The zero-order valence-corrected chi connectivity index (χ0v) is 19.6. The molecule has 0 bridgehead atoms. The molecule has 0 saturated heterocycles. The molecule has 0 radical (unpaired) electrons. The average Bonchev–Trinajstić information content (AvgIpc) is 3.17. The summed E-state index contributed by atoms with van der Waals surface area (Å²) >= 11 is 0. The van der Waals surface area contributed by atoms with E-state index in [-0.39, 0.29) is 11.9 Å². The maximum absolute atomic E-state index is 12.9. The maximum Gasteiger partial charge on any atom is 0.242 e. The zero-order valence-electron chi connectivity index (χ0n) is 19.6. The predicted octanol–water partition coefficient (Wildman–Crippen LogP) is 3.68. The van der Waals surface area contributed by atoms with Crippen LogP contribution in [-0.4, -0.2) is 51.2 Å². The van der Waals surface area contributed by atoms with Crippen LogP contribution in [-0.2, 0) is 16.0 Å². The fraction of sp³-hybridized carbons (Fsp3) is 0.652. The van der Waals surface area contributed by atoms with Gasteiger partial charge in [0.2, 0.25) is 11.9 Å². The Morgan fingerprint density at radius 3 is 2.68 bits per heavy atom. The first-order valence-electron chi connectivity index (χ1n) is 11.4. The van der Waals surface area contributed by atoms with Crippen LogP contribution in [0, 0.1) is 12.8 Å². The van der Waals surface area contributed by atoms with Crippen LogP contribution in [0.4, 0.5) is 5.82 Å². The zero-order chi connectivity index (χ0) is 22.6. The summed E-state index contributed by atoms with van der Waals surface area (Å²) < 4.78 is 7.22. The third-order valence-electron chi connectivity index (χ3n) is 4.91. The molecule has 2 aromatic rings. The molecule has 0 spiro atoms. The van der Waals surface area contributed by atoms with Gasteiger partial charge in [-0.2, -0.15) is 4.98 Å². The highest BCUT2D eigenvalue weighted by Crippen LogP contribution is 2.17. The minimum atomic E-state index is -0.363. The predicted molar refractivity (Wildman–Crippen MR) is 123 cm³/mol. The van der Waals surface area contributed by atoms with Gasteiger partial charge in [-0.15, -0.1) is 0 Å². The molecule has 2 heterocycles. The van der Waals surface area contributed by atoms with Gasteiger partial charge >= 0.3 is 0 Å². The summed E-state index contributed by atoms with van der Waals surface area (Å²) in [6, 6.07) is 1.60. The third-order valence-corrected chi connectivity index (χ3v) is 4.91. The number of hydrogen-bond acceptors (Lipinski definition) is 6. The van der Waals surface area contributed by atoms with E-state index in [9.17, 15) is 4.79 Å². The number of anilines is 1. The largest absolute Gasteiger partial charge is 0.382 e. The Bertz CT molecular complexity index is 805. The minimum Gasteiger partial charge on any atom is -0.382 e. The molecule has 1 amide bonds. The second-order valence-electron chi connectivity index (χ2n) is 8.16. The molecule has 1 atom stereocenters. The number of rotatable bonds is 14. The summed E-state index contributed by atoms with van der Waals surface area (Å²) in [4.78, 5) is 26.6. The maximum atomic E-state index is 12.9. The highest BCUT2D eigenvalue weighted by atomic mass is 16.5. The number of carbonyl (C=O) groups is 1. The van der Waals surface area contributed by atoms with Crippen LogP contribution in [0.2, 0.25) is 0 Å². The molecule has 0 aliphatic carbocycles.